The molecule has 1 N–H and O–H groups in total. The molecule has 0 fully saturated rings. The topological polar surface area (TPSA) is 12.0 Å². The second-order valence-electron chi connectivity index (χ2n) is 5.07. The minimum Gasteiger partial charge on any atom is -0.306 e. The van der Waals surface area contributed by atoms with Crippen LogP contribution in [0, 0.1) is 6.92 Å². The molecule has 112 valence electrons. The van der Waals surface area contributed by atoms with E-state index in [0.29, 0.717) is 10.0 Å². The van der Waals surface area contributed by atoms with Gasteiger partial charge >= 0.3 is 0 Å². The summed E-state index contributed by atoms with van der Waals surface area (Å²) >= 11 is 18.3. The van der Waals surface area contributed by atoms with Crippen LogP contribution in [0.2, 0.25) is 15.1 Å². The van der Waals surface area contributed by atoms with Crippen LogP contribution in [-0.4, -0.2) is 6.54 Å². The van der Waals surface area contributed by atoms with Gasteiger partial charge in [-0.1, -0.05) is 59.9 Å². The minimum atomic E-state index is 0.0793. The summed E-state index contributed by atoms with van der Waals surface area (Å²) in [5.41, 5.74) is 3.33. The van der Waals surface area contributed by atoms with E-state index >= 15 is 0 Å². The molecule has 0 aliphatic heterocycles. The van der Waals surface area contributed by atoms with E-state index in [2.05, 4.69) is 18.3 Å². The Hall–Kier alpha value is -0.730. The fourth-order valence-electron chi connectivity index (χ4n) is 2.26. The Morgan fingerprint density at radius 1 is 0.905 bits per heavy atom. The SMILES string of the molecule is CCCNC(c1ccc(Cl)c(C)c1)c1ccc(Cl)c(Cl)c1. The number of nitrogens with one attached hydrogen (secondary N) is 1. The zero-order valence-corrected chi connectivity index (χ0v) is 14.4. The average Bonchev–Trinajstić information content (AvgIpc) is 2.46. The van der Waals surface area contributed by atoms with Gasteiger partial charge in [0.25, 0.3) is 0 Å². The molecule has 0 saturated carbocycles. The molecule has 21 heavy (non-hydrogen) atoms. The first-order valence-corrected chi connectivity index (χ1v) is 8.10. The van der Waals surface area contributed by atoms with Crippen molar-refractivity contribution >= 4 is 34.8 Å². The van der Waals surface area contributed by atoms with Gasteiger partial charge in [0.05, 0.1) is 16.1 Å². The second-order valence-corrected chi connectivity index (χ2v) is 6.29. The van der Waals surface area contributed by atoms with Crippen LogP contribution >= 0.6 is 34.8 Å². The van der Waals surface area contributed by atoms with Crippen LogP contribution in [0.25, 0.3) is 0 Å². The van der Waals surface area contributed by atoms with Crippen LogP contribution in [0.15, 0.2) is 36.4 Å². The third-order valence-corrected chi connectivity index (χ3v) is 4.55. The summed E-state index contributed by atoms with van der Waals surface area (Å²) in [6.07, 6.45) is 1.06. The smallest absolute Gasteiger partial charge is 0.0595 e. The molecule has 0 aromatic heterocycles. The predicted octanol–water partition coefficient (Wildman–Crippen LogP) is 6.04. The largest absolute Gasteiger partial charge is 0.306 e. The Labute approximate surface area is 141 Å². The molecule has 2 rings (SSSR count). The van der Waals surface area contributed by atoms with Crippen LogP contribution in [0.4, 0.5) is 0 Å². The Kier molecular flexibility index (Phi) is 5.95. The summed E-state index contributed by atoms with van der Waals surface area (Å²) in [5.74, 6) is 0. The molecule has 1 nitrogen and oxygen atoms in total. The standard InChI is InChI=1S/C17H18Cl3N/c1-3-8-21-17(12-4-6-14(18)11(2)9-12)13-5-7-15(19)16(20)10-13/h4-7,9-10,17,21H,3,8H2,1-2H3. The van der Waals surface area contributed by atoms with Crippen molar-refractivity contribution in [3.63, 3.8) is 0 Å². The highest BCUT2D eigenvalue weighted by molar-refractivity contribution is 6.42. The van der Waals surface area contributed by atoms with Crippen molar-refractivity contribution in [2.45, 2.75) is 26.3 Å². The van der Waals surface area contributed by atoms with Crippen molar-refractivity contribution in [1.29, 1.82) is 0 Å². The molecule has 0 aliphatic carbocycles. The molecule has 2 aromatic rings. The van der Waals surface area contributed by atoms with Gasteiger partial charge in [-0.25, -0.2) is 0 Å². The highest BCUT2D eigenvalue weighted by Gasteiger charge is 2.15. The van der Waals surface area contributed by atoms with Gasteiger partial charge in [-0.15, -0.1) is 0 Å². The maximum Gasteiger partial charge on any atom is 0.0595 e. The third-order valence-electron chi connectivity index (χ3n) is 3.39. The van der Waals surface area contributed by atoms with Crippen LogP contribution in [0.3, 0.4) is 0 Å². The maximum atomic E-state index is 6.16. The Morgan fingerprint density at radius 3 is 2.10 bits per heavy atom. The van der Waals surface area contributed by atoms with E-state index in [1.807, 2.05) is 37.3 Å². The molecule has 0 heterocycles. The number of rotatable bonds is 5. The van der Waals surface area contributed by atoms with Crippen molar-refractivity contribution in [2.24, 2.45) is 0 Å². The number of halogens is 3. The van der Waals surface area contributed by atoms with Gasteiger partial charge in [-0.05, 0) is 54.8 Å². The van der Waals surface area contributed by atoms with E-state index in [1.165, 1.54) is 5.56 Å². The molecule has 0 bridgehead atoms. The fraction of sp³-hybridized carbons (Fsp3) is 0.294. The summed E-state index contributed by atoms with van der Waals surface area (Å²) in [7, 11) is 0. The lowest BCUT2D eigenvalue weighted by atomic mass is 9.97. The molecular weight excluding hydrogens is 325 g/mol. The van der Waals surface area contributed by atoms with E-state index in [1.54, 1.807) is 0 Å². The van der Waals surface area contributed by atoms with Gasteiger partial charge < -0.3 is 5.32 Å². The first-order valence-electron chi connectivity index (χ1n) is 6.97. The number of hydrogen-bond donors (Lipinski definition) is 1. The van der Waals surface area contributed by atoms with Crippen LogP contribution in [-0.2, 0) is 0 Å². The summed E-state index contributed by atoms with van der Waals surface area (Å²) < 4.78 is 0. The summed E-state index contributed by atoms with van der Waals surface area (Å²) in [5, 5.41) is 5.47. The first-order chi connectivity index (χ1) is 10.0. The van der Waals surface area contributed by atoms with E-state index in [0.717, 1.165) is 29.1 Å². The lowest BCUT2D eigenvalue weighted by Crippen LogP contribution is -2.23. The summed E-state index contributed by atoms with van der Waals surface area (Å²) in [6, 6.07) is 11.9. The second kappa shape index (κ2) is 7.51. The first kappa shape index (κ1) is 16.6. The number of aryl methyl sites for hydroxylation is 1. The van der Waals surface area contributed by atoms with E-state index in [-0.39, 0.29) is 6.04 Å². The molecule has 0 aliphatic rings. The van der Waals surface area contributed by atoms with E-state index < -0.39 is 0 Å². The molecule has 1 atom stereocenters. The Balaban J connectivity index is 2.41. The van der Waals surface area contributed by atoms with Crippen molar-refractivity contribution in [3.8, 4) is 0 Å². The van der Waals surface area contributed by atoms with E-state index in [4.69, 9.17) is 34.8 Å². The van der Waals surface area contributed by atoms with Crippen LogP contribution in [0.1, 0.15) is 36.1 Å². The molecule has 2 aromatic carbocycles. The zero-order chi connectivity index (χ0) is 15.4. The van der Waals surface area contributed by atoms with Gasteiger partial charge in [-0.2, -0.15) is 0 Å². The van der Waals surface area contributed by atoms with Crippen molar-refractivity contribution < 1.29 is 0 Å². The van der Waals surface area contributed by atoms with Gasteiger partial charge in [0.2, 0.25) is 0 Å². The van der Waals surface area contributed by atoms with Crippen molar-refractivity contribution in [3.05, 3.63) is 68.2 Å². The lowest BCUT2D eigenvalue weighted by Gasteiger charge is -2.21. The zero-order valence-electron chi connectivity index (χ0n) is 12.1. The molecule has 4 heteroatoms. The molecule has 0 amide bonds. The van der Waals surface area contributed by atoms with Gasteiger partial charge in [0.1, 0.15) is 0 Å². The van der Waals surface area contributed by atoms with Crippen LogP contribution in [0.5, 0.6) is 0 Å². The maximum absolute atomic E-state index is 6.16. The van der Waals surface area contributed by atoms with Crippen LogP contribution < -0.4 is 5.32 Å². The molecular formula is C17H18Cl3N. The highest BCUT2D eigenvalue weighted by atomic mass is 35.5. The lowest BCUT2D eigenvalue weighted by molar-refractivity contribution is 0.598. The van der Waals surface area contributed by atoms with E-state index in [9.17, 15) is 0 Å². The monoisotopic (exact) mass is 341 g/mol. The average molecular weight is 343 g/mol. The normalized spacial score (nSPS) is 12.4. The predicted molar refractivity (Wildman–Crippen MR) is 92.8 cm³/mol. The van der Waals surface area contributed by atoms with Gasteiger partial charge in [0, 0.05) is 5.02 Å². The molecule has 1 unspecified atom stereocenters. The van der Waals surface area contributed by atoms with Crippen molar-refractivity contribution in [2.75, 3.05) is 6.54 Å². The summed E-state index contributed by atoms with van der Waals surface area (Å²) in [4.78, 5) is 0. The van der Waals surface area contributed by atoms with Crippen molar-refractivity contribution in [1.82, 2.24) is 5.32 Å². The number of hydrogen-bond acceptors (Lipinski definition) is 1. The summed E-state index contributed by atoms with van der Waals surface area (Å²) in [6.45, 7) is 5.08. The fourth-order valence-corrected chi connectivity index (χ4v) is 2.68. The highest BCUT2D eigenvalue weighted by Crippen LogP contribution is 2.30. The number of benzene rings is 2. The third kappa shape index (κ3) is 4.14. The Bertz CT molecular complexity index is 574. The molecule has 0 radical (unpaired) electrons. The Morgan fingerprint density at radius 2 is 1.52 bits per heavy atom. The molecule has 0 saturated heterocycles. The van der Waals surface area contributed by atoms with Gasteiger partial charge in [0.15, 0.2) is 0 Å². The molecule has 0 spiro atoms. The minimum absolute atomic E-state index is 0.0793. The van der Waals surface area contributed by atoms with Gasteiger partial charge in [-0.3, -0.25) is 0 Å². The quantitative estimate of drug-likeness (QED) is 0.698.